The van der Waals surface area contributed by atoms with Crippen LogP contribution in [0.5, 0.6) is 5.75 Å². The van der Waals surface area contributed by atoms with Crippen LogP contribution in [-0.2, 0) is 25.6 Å². The van der Waals surface area contributed by atoms with Gasteiger partial charge >= 0.3 is 0 Å². The Labute approximate surface area is 244 Å². The number of hydrogen-bond donors (Lipinski definition) is 6. The number of aliphatic hydroxyl groups is 2. The predicted molar refractivity (Wildman–Crippen MR) is 151 cm³/mol. The van der Waals surface area contributed by atoms with Gasteiger partial charge in [0.25, 0.3) is 0 Å². The van der Waals surface area contributed by atoms with Crippen LogP contribution in [0.25, 0.3) is 0 Å². The number of anilines is 1. The van der Waals surface area contributed by atoms with Crippen LogP contribution in [0.2, 0.25) is 0 Å². The van der Waals surface area contributed by atoms with Crippen LogP contribution in [0.3, 0.4) is 0 Å². The second kappa shape index (κ2) is 9.66. The van der Waals surface area contributed by atoms with E-state index in [4.69, 9.17) is 5.73 Å². The van der Waals surface area contributed by atoms with Gasteiger partial charge in [-0.25, -0.2) is 0 Å². The third-order valence-corrected chi connectivity index (χ3v) is 9.57. The Balaban J connectivity index is 1.55. The average Bonchev–Trinajstić information content (AvgIpc) is 2.83. The smallest absolute Gasteiger partial charge is 0.235 e. The molecule has 0 aromatic heterocycles. The van der Waals surface area contributed by atoms with Gasteiger partial charge in [0.2, 0.25) is 5.91 Å². The van der Waals surface area contributed by atoms with Gasteiger partial charge in [-0.15, -0.1) is 0 Å². The van der Waals surface area contributed by atoms with E-state index >= 15 is 0 Å². The number of aliphatic hydroxyl groups excluding tert-OH is 1. The number of carbonyl (C=O) groups excluding carboxylic acids is 5. The Kier molecular flexibility index (Phi) is 6.97. The van der Waals surface area contributed by atoms with Crippen LogP contribution in [0.4, 0.5) is 5.69 Å². The van der Waals surface area contributed by atoms with E-state index in [-0.39, 0.29) is 34.9 Å². The van der Waals surface area contributed by atoms with Gasteiger partial charge in [-0.3, -0.25) is 28.9 Å². The minimum absolute atomic E-state index is 0.0196. The van der Waals surface area contributed by atoms with Gasteiger partial charge in [0.1, 0.15) is 5.75 Å². The third-order valence-electron chi connectivity index (χ3n) is 9.57. The maximum Gasteiger partial charge on any atom is 0.235 e. The number of phenolic OH excluding ortho intramolecular Hbond substituents is 1. The molecule has 1 aliphatic heterocycles. The SMILES string of the molecule is CN(C)[C@@H]1C(=O)C(C(N)=O)C(=O)[C@@]2(O)C(=O)C3C(=O)c4c(ccc(NC5CC(C)(C)NC(C)(C)C5)c4O)C[C@H]3[C@H](O)[C@@H]12. The van der Waals surface area contributed by atoms with E-state index in [0.717, 1.165) is 12.8 Å². The molecule has 4 aliphatic rings. The highest BCUT2D eigenvalue weighted by atomic mass is 16.3. The van der Waals surface area contributed by atoms with Crippen LogP contribution in [0.1, 0.15) is 56.5 Å². The number of piperidine rings is 1. The van der Waals surface area contributed by atoms with Crippen molar-refractivity contribution in [3.63, 3.8) is 0 Å². The fraction of sp³-hybridized carbons (Fsp3) is 0.633. The molecule has 3 fully saturated rings. The molecule has 2 saturated carbocycles. The molecule has 2 unspecified atom stereocenters. The van der Waals surface area contributed by atoms with Gasteiger partial charge in [-0.05, 0) is 72.7 Å². The molecule has 0 bridgehead atoms. The fourth-order valence-electron chi connectivity index (χ4n) is 8.35. The number of nitrogens with one attached hydrogen (secondary N) is 2. The molecule has 5 rings (SSSR count). The molecule has 0 spiro atoms. The summed E-state index contributed by atoms with van der Waals surface area (Å²) >= 11 is 0. The van der Waals surface area contributed by atoms with Crippen molar-refractivity contribution in [3.8, 4) is 5.75 Å². The Hall–Kier alpha value is -3.19. The van der Waals surface area contributed by atoms with Crippen LogP contribution < -0.4 is 16.4 Å². The van der Waals surface area contributed by atoms with Gasteiger partial charge in [-0.1, -0.05) is 6.07 Å². The summed E-state index contributed by atoms with van der Waals surface area (Å²) < 4.78 is 0. The van der Waals surface area contributed by atoms with Crippen molar-refractivity contribution in [1.29, 1.82) is 0 Å². The number of nitrogens with two attached hydrogens (primary N) is 1. The summed E-state index contributed by atoms with van der Waals surface area (Å²) in [7, 11) is 2.91. The third kappa shape index (κ3) is 4.38. The van der Waals surface area contributed by atoms with Crippen molar-refractivity contribution in [3.05, 3.63) is 23.3 Å². The molecule has 7 N–H and O–H groups in total. The maximum absolute atomic E-state index is 14.0. The second-order valence-corrected chi connectivity index (χ2v) is 14.0. The zero-order valence-electron chi connectivity index (χ0n) is 24.7. The molecule has 3 aliphatic carbocycles. The van der Waals surface area contributed by atoms with E-state index in [1.807, 2.05) is 0 Å². The number of likely N-dealkylation sites (N-methyl/N-ethyl adjacent to an activating group) is 1. The number of carbonyl (C=O) groups is 5. The predicted octanol–water partition coefficient (Wildman–Crippen LogP) is -0.441. The largest absolute Gasteiger partial charge is 0.505 e. The number of primary amides is 1. The highest BCUT2D eigenvalue weighted by Crippen LogP contribution is 2.51. The lowest BCUT2D eigenvalue weighted by atomic mass is 9.51. The molecule has 12 heteroatoms. The van der Waals surface area contributed by atoms with Crippen LogP contribution in [0, 0.1) is 23.7 Å². The molecule has 0 radical (unpaired) electrons. The molecule has 1 aromatic carbocycles. The molecule has 1 aromatic rings. The van der Waals surface area contributed by atoms with Gasteiger partial charge in [0, 0.05) is 23.0 Å². The zero-order valence-corrected chi connectivity index (χ0v) is 24.7. The summed E-state index contributed by atoms with van der Waals surface area (Å²) in [6.45, 7) is 8.34. The molecule has 228 valence electrons. The molecule has 1 amide bonds. The van der Waals surface area contributed by atoms with Crippen molar-refractivity contribution in [2.75, 3.05) is 19.4 Å². The summed E-state index contributed by atoms with van der Waals surface area (Å²) in [6, 6.07) is 1.88. The Morgan fingerprint density at radius 1 is 1.05 bits per heavy atom. The number of amides is 1. The van der Waals surface area contributed by atoms with Crippen LogP contribution in [0.15, 0.2) is 12.1 Å². The van der Waals surface area contributed by atoms with E-state index in [0.29, 0.717) is 11.3 Å². The molecule has 42 heavy (non-hydrogen) atoms. The highest BCUT2D eigenvalue weighted by molar-refractivity contribution is 6.32. The number of rotatable bonds is 4. The summed E-state index contributed by atoms with van der Waals surface area (Å²) in [5, 5.41) is 41.5. The normalized spacial score (nSPS) is 35.8. The number of Topliss-reactive ketones (excluding diaryl/α,β-unsaturated/α-hetero) is 4. The first-order valence-corrected chi connectivity index (χ1v) is 14.3. The molecule has 7 atom stereocenters. The van der Waals surface area contributed by atoms with Crippen molar-refractivity contribution < 1.29 is 39.3 Å². The molecule has 1 saturated heterocycles. The number of benzene rings is 1. The standard InChI is InChI=1S/C30H40N4O8/c1-28(2)10-13(11-29(3,4)33-28)32-15-8-7-12-9-14-17(23(37)16(12)22(15)36)25(39)30(42)19(21(14)35)20(34(5)6)24(38)18(26(30)40)27(31)41/h7-8,13-14,17-21,32-33,35-36,42H,9-11H2,1-6H3,(H2,31,41)/t14-,17?,18?,19-,20+,21+,30+/m1/s1. The van der Waals surface area contributed by atoms with Crippen molar-refractivity contribution in [2.24, 2.45) is 29.4 Å². The molecular weight excluding hydrogens is 544 g/mol. The van der Waals surface area contributed by atoms with E-state index in [1.165, 1.54) is 19.0 Å². The quantitative estimate of drug-likeness (QED) is 0.198. The summed E-state index contributed by atoms with van der Waals surface area (Å²) in [6.07, 6.45) is -0.184. The molecule has 12 nitrogen and oxygen atoms in total. The summed E-state index contributed by atoms with van der Waals surface area (Å²) in [4.78, 5) is 68.1. The van der Waals surface area contributed by atoms with Crippen molar-refractivity contribution in [1.82, 2.24) is 10.2 Å². The van der Waals surface area contributed by atoms with E-state index in [1.54, 1.807) is 12.1 Å². The van der Waals surface area contributed by atoms with Crippen molar-refractivity contribution >= 4 is 34.7 Å². The topological polar surface area (TPSA) is 199 Å². The fourth-order valence-corrected chi connectivity index (χ4v) is 8.35. The van der Waals surface area contributed by atoms with Gasteiger partial charge in [0.05, 0.1) is 35.2 Å². The van der Waals surface area contributed by atoms with E-state index in [2.05, 4.69) is 38.3 Å². The van der Waals surface area contributed by atoms with Gasteiger partial charge in [0.15, 0.2) is 34.7 Å². The number of fused-ring (bicyclic) bond motifs is 3. The van der Waals surface area contributed by atoms with Crippen LogP contribution >= 0.6 is 0 Å². The Morgan fingerprint density at radius 2 is 1.64 bits per heavy atom. The number of aromatic hydroxyl groups is 1. The Morgan fingerprint density at radius 3 is 2.19 bits per heavy atom. The second-order valence-electron chi connectivity index (χ2n) is 14.0. The minimum atomic E-state index is -3.01. The zero-order chi connectivity index (χ0) is 31.3. The first kappa shape index (κ1) is 30.3. The first-order valence-electron chi connectivity index (χ1n) is 14.3. The van der Waals surface area contributed by atoms with Gasteiger partial charge in [-0.2, -0.15) is 0 Å². The Bertz CT molecular complexity index is 1390. The lowest BCUT2D eigenvalue weighted by Gasteiger charge is -2.54. The molecule has 1 heterocycles. The number of nitrogens with zero attached hydrogens (tertiary/aromatic N) is 1. The summed E-state index contributed by atoms with van der Waals surface area (Å²) in [5.74, 6) is -12.6. The maximum atomic E-state index is 14.0. The van der Waals surface area contributed by atoms with Gasteiger partial charge < -0.3 is 31.7 Å². The van der Waals surface area contributed by atoms with E-state index in [9.17, 15) is 39.3 Å². The number of phenols is 1. The first-order chi connectivity index (χ1) is 19.3. The monoisotopic (exact) mass is 584 g/mol. The minimum Gasteiger partial charge on any atom is -0.505 e. The number of hydrogen-bond acceptors (Lipinski definition) is 11. The highest BCUT2D eigenvalue weighted by Gasteiger charge is 2.72. The average molecular weight is 585 g/mol. The van der Waals surface area contributed by atoms with Crippen LogP contribution in [-0.4, -0.2) is 98.2 Å². The lowest BCUT2D eigenvalue weighted by Crippen LogP contribution is -2.77. The lowest BCUT2D eigenvalue weighted by molar-refractivity contribution is -0.195. The summed E-state index contributed by atoms with van der Waals surface area (Å²) in [5.41, 5.74) is 2.55. The number of ketones is 4. The van der Waals surface area contributed by atoms with Crippen molar-refractivity contribution in [2.45, 2.75) is 81.8 Å². The van der Waals surface area contributed by atoms with E-state index < -0.39 is 70.5 Å². The molecular formula is C30H40N4O8.